The smallest absolute Gasteiger partial charge is 0.251 e. The Morgan fingerprint density at radius 1 is 1.29 bits per heavy atom. The molecular weight excluding hydrogens is 284 g/mol. The van der Waals surface area contributed by atoms with Crippen molar-refractivity contribution in [3.8, 4) is 5.75 Å². The molecule has 2 aromatic rings. The maximum absolute atomic E-state index is 12.2. The summed E-state index contributed by atoms with van der Waals surface area (Å²) < 4.78 is 5.09. The molecule has 0 fully saturated rings. The molecule has 0 saturated heterocycles. The first-order chi connectivity index (χ1) is 10.1. The summed E-state index contributed by atoms with van der Waals surface area (Å²) in [5, 5.41) is 7.16. The van der Waals surface area contributed by atoms with Crippen LogP contribution in [0.4, 0.5) is 0 Å². The molecule has 5 heteroatoms. The number of likely N-dealkylation sites (N-methyl/N-ethyl adjacent to an activating group) is 1. The van der Waals surface area contributed by atoms with Gasteiger partial charge in [-0.05, 0) is 60.8 Å². The highest BCUT2D eigenvalue weighted by atomic mass is 32.1. The molecule has 112 valence electrons. The normalized spacial score (nSPS) is 12.2. The van der Waals surface area contributed by atoms with Crippen LogP contribution in [0.1, 0.15) is 22.0 Å². The van der Waals surface area contributed by atoms with Crippen LogP contribution in [0.2, 0.25) is 0 Å². The molecule has 0 unspecified atom stereocenters. The maximum Gasteiger partial charge on any atom is 0.251 e. The minimum absolute atomic E-state index is 0.0697. The summed E-state index contributed by atoms with van der Waals surface area (Å²) in [5.74, 6) is 0.677. The summed E-state index contributed by atoms with van der Waals surface area (Å²) in [6, 6.07) is 9.38. The maximum atomic E-state index is 12.2. The van der Waals surface area contributed by atoms with E-state index in [0.29, 0.717) is 12.1 Å². The Balaban J connectivity index is 1.98. The van der Waals surface area contributed by atoms with E-state index in [2.05, 4.69) is 27.0 Å². The number of hydrogen-bond donors (Lipinski definition) is 1. The number of thiophene rings is 1. The predicted molar refractivity (Wildman–Crippen MR) is 86.1 cm³/mol. The van der Waals surface area contributed by atoms with Crippen molar-refractivity contribution in [1.29, 1.82) is 0 Å². The molecule has 1 amide bonds. The van der Waals surface area contributed by atoms with Crippen molar-refractivity contribution in [2.45, 2.75) is 6.04 Å². The molecule has 0 aliphatic rings. The first-order valence-corrected chi connectivity index (χ1v) is 7.67. The summed E-state index contributed by atoms with van der Waals surface area (Å²) in [4.78, 5) is 14.3. The van der Waals surface area contributed by atoms with Gasteiger partial charge in [0.1, 0.15) is 5.75 Å². The molecule has 1 N–H and O–H groups in total. The second-order valence-corrected chi connectivity index (χ2v) is 5.75. The predicted octanol–water partition coefficient (Wildman–Crippen LogP) is 2.79. The molecule has 0 bridgehead atoms. The molecule has 4 nitrogen and oxygen atoms in total. The van der Waals surface area contributed by atoms with Gasteiger partial charge in [-0.15, -0.1) is 0 Å². The van der Waals surface area contributed by atoms with Gasteiger partial charge in [0.15, 0.2) is 0 Å². The van der Waals surface area contributed by atoms with Gasteiger partial charge >= 0.3 is 0 Å². The summed E-state index contributed by atoms with van der Waals surface area (Å²) in [6.07, 6.45) is 0. The van der Waals surface area contributed by atoms with Crippen LogP contribution in [-0.2, 0) is 0 Å². The molecule has 1 heterocycles. The summed E-state index contributed by atoms with van der Waals surface area (Å²) in [6.45, 7) is 0.578. The van der Waals surface area contributed by atoms with Gasteiger partial charge < -0.3 is 15.0 Å². The lowest BCUT2D eigenvalue weighted by molar-refractivity contribution is 0.0942. The number of hydrogen-bond acceptors (Lipinski definition) is 4. The number of nitrogens with one attached hydrogen (secondary N) is 1. The van der Waals surface area contributed by atoms with Crippen LogP contribution in [0.3, 0.4) is 0 Å². The fourth-order valence-electron chi connectivity index (χ4n) is 2.10. The third-order valence-electron chi connectivity index (χ3n) is 3.36. The Bertz CT molecular complexity index is 564. The number of methoxy groups -OCH3 is 1. The van der Waals surface area contributed by atoms with Crippen LogP contribution in [0.15, 0.2) is 41.1 Å². The van der Waals surface area contributed by atoms with Crippen molar-refractivity contribution < 1.29 is 9.53 Å². The number of rotatable bonds is 6. The van der Waals surface area contributed by atoms with Gasteiger partial charge in [-0.25, -0.2) is 0 Å². The molecule has 1 aromatic carbocycles. The molecule has 0 aliphatic carbocycles. The van der Waals surface area contributed by atoms with E-state index in [9.17, 15) is 4.79 Å². The standard InChI is InChI=1S/C16H20N2O2S/c1-18(2)15(13-8-9-21-11-13)10-17-16(19)12-4-6-14(20-3)7-5-12/h4-9,11,15H,10H2,1-3H3,(H,17,19)/t15-/m0/s1. The highest BCUT2D eigenvalue weighted by Gasteiger charge is 2.16. The zero-order chi connectivity index (χ0) is 15.2. The molecule has 2 rings (SSSR count). The lowest BCUT2D eigenvalue weighted by atomic mass is 10.1. The third kappa shape index (κ3) is 4.06. The molecule has 0 radical (unpaired) electrons. The van der Waals surface area contributed by atoms with Crippen LogP contribution < -0.4 is 10.1 Å². The molecule has 21 heavy (non-hydrogen) atoms. The molecule has 0 saturated carbocycles. The van der Waals surface area contributed by atoms with Gasteiger partial charge in [-0.1, -0.05) is 0 Å². The van der Waals surface area contributed by atoms with E-state index in [1.807, 2.05) is 14.1 Å². The number of carbonyl (C=O) groups is 1. The van der Waals surface area contributed by atoms with Gasteiger partial charge in [-0.3, -0.25) is 4.79 Å². The average Bonchev–Trinajstić information content (AvgIpc) is 3.01. The number of ether oxygens (including phenoxy) is 1. The van der Waals surface area contributed by atoms with Crippen LogP contribution in [0.25, 0.3) is 0 Å². The van der Waals surface area contributed by atoms with Crippen molar-refractivity contribution >= 4 is 17.2 Å². The first kappa shape index (κ1) is 15.5. The van der Waals surface area contributed by atoms with E-state index in [-0.39, 0.29) is 11.9 Å². The summed E-state index contributed by atoms with van der Waals surface area (Å²) >= 11 is 1.67. The zero-order valence-electron chi connectivity index (χ0n) is 12.5. The topological polar surface area (TPSA) is 41.6 Å². The number of nitrogens with zero attached hydrogens (tertiary/aromatic N) is 1. The molecule has 1 aromatic heterocycles. The average molecular weight is 304 g/mol. The van der Waals surface area contributed by atoms with Crippen LogP contribution in [0, 0.1) is 0 Å². The van der Waals surface area contributed by atoms with E-state index >= 15 is 0 Å². The number of carbonyl (C=O) groups excluding carboxylic acids is 1. The highest BCUT2D eigenvalue weighted by Crippen LogP contribution is 2.20. The van der Waals surface area contributed by atoms with Gasteiger partial charge in [0.2, 0.25) is 0 Å². The zero-order valence-corrected chi connectivity index (χ0v) is 13.3. The minimum atomic E-state index is -0.0697. The van der Waals surface area contributed by atoms with Crippen LogP contribution >= 0.6 is 11.3 Å². The van der Waals surface area contributed by atoms with Crippen molar-refractivity contribution in [1.82, 2.24) is 10.2 Å². The lowest BCUT2D eigenvalue weighted by Crippen LogP contribution is -2.34. The summed E-state index contributed by atoms with van der Waals surface area (Å²) in [5.41, 5.74) is 1.86. The highest BCUT2D eigenvalue weighted by molar-refractivity contribution is 7.07. The SMILES string of the molecule is COc1ccc(C(=O)NC[C@@H](c2ccsc2)N(C)C)cc1. The fraction of sp³-hybridized carbons (Fsp3) is 0.312. The van der Waals surface area contributed by atoms with Crippen molar-refractivity contribution in [3.05, 3.63) is 52.2 Å². The number of amides is 1. The number of benzene rings is 1. The first-order valence-electron chi connectivity index (χ1n) is 6.72. The van der Waals surface area contributed by atoms with Gasteiger partial charge in [-0.2, -0.15) is 11.3 Å². The lowest BCUT2D eigenvalue weighted by Gasteiger charge is -2.24. The van der Waals surface area contributed by atoms with E-state index in [1.165, 1.54) is 5.56 Å². The van der Waals surface area contributed by atoms with E-state index in [0.717, 1.165) is 5.75 Å². The quantitative estimate of drug-likeness (QED) is 0.892. The Morgan fingerprint density at radius 3 is 2.52 bits per heavy atom. The monoisotopic (exact) mass is 304 g/mol. The largest absolute Gasteiger partial charge is 0.497 e. The molecule has 0 aliphatic heterocycles. The second kappa shape index (κ2) is 7.24. The van der Waals surface area contributed by atoms with Crippen molar-refractivity contribution in [2.75, 3.05) is 27.7 Å². The Labute approximate surface area is 129 Å². The Hall–Kier alpha value is -1.85. The summed E-state index contributed by atoms with van der Waals surface area (Å²) in [7, 11) is 5.64. The van der Waals surface area contributed by atoms with Crippen molar-refractivity contribution in [2.24, 2.45) is 0 Å². The van der Waals surface area contributed by atoms with E-state index in [1.54, 1.807) is 42.7 Å². The van der Waals surface area contributed by atoms with Crippen LogP contribution in [0.5, 0.6) is 5.75 Å². The van der Waals surface area contributed by atoms with Crippen LogP contribution in [-0.4, -0.2) is 38.6 Å². The van der Waals surface area contributed by atoms with Gasteiger partial charge in [0, 0.05) is 12.1 Å². The van der Waals surface area contributed by atoms with Gasteiger partial charge in [0.25, 0.3) is 5.91 Å². The fourth-order valence-corrected chi connectivity index (χ4v) is 2.80. The third-order valence-corrected chi connectivity index (χ3v) is 4.06. The molecular formula is C16H20N2O2S. The van der Waals surface area contributed by atoms with Gasteiger partial charge in [0.05, 0.1) is 13.2 Å². The Morgan fingerprint density at radius 2 is 2.00 bits per heavy atom. The molecule has 1 atom stereocenters. The molecule has 0 spiro atoms. The minimum Gasteiger partial charge on any atom is -0.497 e. The van der Waals surface area contributed by atoms with E-state index < -0.39 is 0 Å². The van der Waals surface area contributed by atoms with Crippen molar-refractivity contribution in [3.63, 3.8) is 0 Å². The Kier molecular flexibility index (Phi) is 5.36. The second-order valence-electron chi connectivity index (χ2n) is 4.97. The van der Waals surface area contributed by atoms with E-state index in [4.69, 9.17) is 4.74 Å².